The fourth-order valence-electron chi connectivity index (χ4n) is 2.06. The highest BCUT2D eigenvalue weighted by atomic mass is 16.6. The molecule has 0 aromatic rings. The largest absolute Gasteiger partial charge is 0.392 e. The highest BCUT2D eigenvalue weighted by Gasteiger charge is 2.27. The third-order valence-corrected chi connectivity index (χ3v) is 2.66. The summed E-state index contributed by atoms with van der Waals surface area (Å²) in [5, 5.41) is 13.7. The zero-order valence-electron chi connectivity index (χ0n) is 11.7. The molecule has 1 atom stereocenters. The van der Waals surface area contributed by atoms with Gasteiger partial charge >= 0.3 is 0 Å². The number of hydrogen-bond donors (Lipinski definition) is 1. The number of nitrogens with zero attached hydrogens (tertiary/aromatic N) is 1. The fraction of sp³-hybridized carbons (Fsp3) is 0.786. The number of aliphatic hydroxyl groups excluding tert-OH is 1. The number of rotatable bonds is 3. The van der Waals surface area contributed by atoms with E-state index in [4.69, 9.17) is 4.84 Å². The Morgan fingerprint density at radius 3 is 2.71 bits per heavy atom. The van der Waals surface area contributed by atoms with E-state index >= 15 is 0 Å². The normalized spacial score (nSPS) is 24.8. The van der Waals surface area contributed by atoms with Gasteiger partial charge in [-0.05, 0) is 23.8 Å². The second-order valence-corrected chi connectivity index (χ2v) is 6.81. The summed E-state index contributed by atoms with van der Waals surface area (Å²) >= 11 is 0. The maximum atomic E-state index is 9.73. The zero-order valence-corrected chi connectivity index (χ0v) is 11.7. The summed E-state index contributed by atoms with van der Waals surface area (Å²) in [6, 6.07) is 0. The molecular formula is C14H25NO2. The topological polar surface area (TPSA) is 41.8 Å². The van der Waals surface area contributed by atoms with Gasteiger partial charge in [0.25, 0.3) is 0 Å². The summed E-state index contributed by atoms with van der Waals surface area (Å²) in [6.45, 7) is 11.0. The first-order valence-electron chi connectivity index (χ1n) is 6.22. The summed E-state index contributed by atoms with van der Waals surface area (Å²) in [5.41, 5.74) is 1.33. The van der Waals surface area contributed by atoms with E-state index in [1.165, 1.54) is 0 Å². The molecule has 1 rings (SSSR count). The average Bonchev–Trinajstić information content (AvgIpc) is 2.07. The first-order chi connectivity index (χ1) is 7.68. The Hall–Kier alpha value is -0.830. The van der Waals surface area contributed by atoms with Crippen LogP contribution in [-0.2, 0) is 4.84 Å². The van der Waals surface area contributed by atoms with Crippen molar-refractivity contribution in [3.8, 4) is 0 Å². The standard InChI is InChI=1S/C14H25NO2/c1-13(2,3)10-15-17-9-11-6-12(16)8-14(4,5)7-11/h6,10,12,16H,7-9H2,1-5H3/b15-10+. The van der Waals surface area contributed by atoms with Gasteiger partial charge in [-0.2, -0.15) is 0 Å². The van der Waals surface area contributed by atoms with Crippen LogP contribution in [0.4, 0.5) is 0 Å². The van der Waals surface area contributed by atoms with Crippen LogP contribution in [0.2, 0.25) is 0 Å². The minimum absolute atomic E-state index is 0.0414. The average molecular weight is 239 g/mol. The molecule has 0 radical (unpaired) electrons. The van der Waals surface area contributed by atoms with E-state index in [0.29, 0.717) is 6.61 Å². The zero-order chi connectivity index (χ0) is 13.1. The first-order valence-corrected chi connectivity index (χ1v) is 6.22. The molecule has 1 N–H and O–H groups in total. The van der Waals surface area contributed by atoms with Crippen LogP contribution in [0, 0.1) is 10.8 Å². The molecule has 0 saturated carbocycles. The fourth-order valence-corrected chi connectivity index (χ4v) is 2.06. The molecule has 0 aromatic heterocycles. The first kappa shape index (κ1) is 14.2. The van der Waals surface area contributed by atoms with Crippen molar-refractivity contribution in [1.29, 1.82) is 0 Å². The van der Waals surface area contributed by atoms with E-state index < -0.39 is 0 Å². The minimum Gasteiger partial charge on any atom is -0.392 e. The van der Waals surface area contributed by atoms with Crippen molar-refractivity contribution >= 4 is 6.21 Å². The van der Waals surface area contributed by atoms with Crippen molar-refractivity contribution in [3.05, 3.63) is 11.6 Å². The molecule has 0 amide bonds. The van der Waals surface area contributed by atoms with Gasteiger partial charge in [-0.15, -0.1) is 0 Å². The lowest BCUT2D eigenvalue weighted by Gasteiger charge is -2.32. The van der Waals surface area contributed by atoms with Gasteiger partial charge in [0.1, 0.15) is 6.61 Å². The second kappa shape index (κ2) is 5.21. The van der Waals surface area contributed by atoms with Crippen LogP contribution >= 0.6 is 0 Å². The quantitative estimate of drug-likeness (QED) is 0.467. The molecule has 0 heterocycles. The Bertz CT molecular complexity index is 311. The van der Waals surface area contributed by atoms with Gasteiger partial charge in [0.05, 0.1) is 6.10 Å². The molecule has 0 aromatic carbocycles. The lowest BCUT2D eigenvalue weighted by molar-refractivity contribution is 0.117. The Kier molecular flexibility index (Phi) is 4.36. The molecule has 0 fully saturated rings. The van der Waals surface area contributed by atoms with Crippen molar-refractivity contribution in [2.24, 2.45) is 16.0 Å². The van der Waals surface area contributed by atoms with Crippen molar-refractivity contribution in [3.63, 3.8) is 0 Å². The highest BCUT2D eigenvalue weighted by Crippen LogP contribution is 2.35. The molecule has 3 heteroatoms. The molecule has 1 aliphatic carbocycles. The maximum Gasteiger partial charge on any atom is 0.138 e. The lowest BCUT2D eigenvalue weighted by Crippen LogP contribution is -2.26. The van der Waals surface area contributed by atoms with Crippen molar-refractivity contribution in [2.75, 3.05) is 6.61 Å². The van der Waals surface area contributed by atoms with Crippen molar-refractivity contribution in [2.45, 2.75) is 53.6 Å². The highest BCUT2D eigenvalue weighted by molar-refractivity contribution is 5.63. The Balaban J connectivity index is 2.45. The summed E-state index contributed by atoms with van der Waals surface area (Å²) in [4.78, 5) is 5.28. The van der Waals surface area contributed by atoms with Crippen LogP contribution in [0.15, 0.2) is 16.8 Å². The molecule has 3 nitrogen and oxygen atoms in total. The van der Waals surface area contributed by atoms with Crippen molar-refractivity contribution < 1.29 is 9.94 Å². The van der Waals surface area contributed by atoms with Gasteiger partial charge in [-0.25, -0.2) is 0 Å². The molecule has 98 valence electrons. The SMILES string of the molecule is CC(C)(C)/C=N/OCC1=CC(O)CC(C)(C)C1. The van der Waals surface area contributed by atoms with E-state index in [2.05, 4.69) is 39.8 Å². The van der Waals surface area contributed by atoms with Crippen molar-refractivity contribution in [1.82, 2.24) is 0 Å². The van der Waals surface area contributed by atoms with Crippen LogP contribution in [0.3, 0.4) is 0 Å². The molecule has 1 unspecified atom stereocenters. The second-order valence-electron chi connectivity index (χ2n) is 6.81. The maximum absolute atomic E-state index is 9.73. The molecule has 0 aliphatic heterocycles. The van der Waals surface area contributed by atoms with Gasteiger partial charge in [-0.1, -0.05) is 45.9 Å². The number of aliphatic hydroxyl groups is 1. The summed E-state index contributed by atoms with van der Waals surface area (Å²) in [7, 11) is 0. The predicted octanol–water partition coefficient (Wildman–Crippen LogP) is 3.14. The number of hydrogen-bond acceptors (Lipinski definition) is 3. The molecule has 0 bridgehead atoms. The smallest absolute Gasteiger partial charge is 0.138 e. The van der Waals surface area contributed by atoms with Crippen LogP contribution in [-0.4, -0.2) is 24.0 Å². The Morgan fingerprint density at radius 2 is 2.18 bits per heavy atom. The van der Waals surface area contributed by atoms with Crippen LogP contribution in [0.5, 0.6) is 0 Å². The summed E-state index contributed by atoms with van der Waals surface area (Å²) in [5.74, 6) is 0. The molecule has 0 saturated heterocycles. The summed E-state index contributed by atoms with van der Waals surface area (Å²) in [6.07, 6.45) is 5.15. The third kappa shape index (κ3) is 5.87. The molecular weight excluding hydrogens is 214 g/mol. The van der Waals surface area contributed by atoms with Gasteiger partial charge < -0.3 is 9.94 Å². The number of oxime groups is 1. The molecule has 17 heavy (non-hydrogen) atoms. The van der Waals surface area contributed by atoms with Crippen LogP contribution < -0.4 is 0 Å². The van der Waals surface area contributed by atoms with Gasteiger partial charge in [0.2, 0.25) is 0 Å². The van der Waals surface area contributed by atoms with Crippen LogP contribution in [0.1, 0.15) is 47.5 Å². The van der Waals surface area contributed by atoms with Crippen LogP contribution in [0.25, 0.3) is 0 Å². The predicted molar refractivity (Wildman–Crippen MR) is 71.0 cm³/mol. The van der Waals surface area contributed by atoms with Gasteiger partial charge in [-0.3, -0.25) is 0 Å². The Labute approximate surface area is 105 Å². The van der Waals surface area contributed by atoms with E-state index in [9.17, 15) is 5.11 Å². The Morgan fingerprint density at radius 1 is 1.53 bits per heavy atom. The monoisotopic (exact) mass is 239 g/mol. The van der Waals surface area contributed by atoms with E-state index in [0.717, 1.165) is 18.4 Å². The van der Waals surface area contributed by atoms with E-state index in [1.54, 1.807) is 6.21 Å². The molecule has 0 spiro atoms. The third-order valence-electron chi connectivity index (χ3n) is 2.66. The molecule has 1 aliphatic rings. The van der Waals surface area contributed by atoms with Gasteiger partial charge in [0, 0.05) is 11.6 Å². The lowest BCUT2D eigenvalue weighted by atomic mass is 9.76. The minimum atomic E-state index is -0.344. The van der Waals surface area contributed by atoms with Gasteiger partial charge in [0.15, 0.2) is 0 Å². The van der Waals surface area contributed by atoms with E-state index in [1.807, 2.05) is 6.08 Å². The summed E-state index contributed by atoms with van der Waals surface area (Å²) < 4.78 is 0. The van der Waals surface area contributed by atoms with E-state index in [-0.39, 0.29) is 16.9 Å².